The van der Waals surface area contributed by atoms with Crippen molar-refractivity contribution in [3.63, 3.8) is 0 Å². The van der Waals surface area contributed by atoms with E-state index in [2.05, 4.69) is 29.6 Å². The summed E-state index contributed by atoms with van der Waals surface area (Å²) in [7, 11) is 0. The van der Waals surface area contributed by atoms with Crippen LogP contribution in [0.25, 0.3) is 11.3 Å². The highest BCUT2D eigenvalue weighted by Crippen LogP contribution is 2.31. The summed E-state index contributed by atoms with van der Waals surface area (Å²) in [4.78, 5) is 11.9. The van der Waals surface area contributed by atoms with E-state index >= 15 is 0 Å². The van der Waals surface area contributed by atoms with Gasteiger partial charge in [0.15, 0.2) is 0 Å². The van der Waals surface area contributed by atoms with Crippen LogP contribution >= 0.6 is 35.0 Å². The molecule has 0 saturated heterocycles. The van der Waals surface area contributed by atoms with Crippen LogP contribution in [0.1, 0.15) is 16.9 Å². The molecule has 0 saturated carbocycles. The summed E-state index contributed by atoms with van der Waals surface area (Å²) in [6, 6.07) is 16.9. The zero-order valence-corrected chi connectivity index (χ0v) is 17.4. The highest BCUT2D eigenvalue weighted by atomic mass is 35.5. The van der Waals surface area contributed by atoms with Gasteiger partial charge in [-0.25, -0.2) is 5.43 Å². The molecule has 0 atom stereocenters. The fraction of sp³-hybridized carbons (Fsp3) is 0.143. The molecule has 4 nitrogen and oxygen atoms in total. The van der Waals surface area contributed by atoms with E-state index in [-0.39, 0.29) is 5.91 Å². The standard InChI is InChI=1S/C21H18Cl2N2O2S/c1-14-4-2-3-5-15(14)12-28-13-21(26)25-24-11-17-7-9-20(27-17)18-8-6-16(22)10-19(18)23/h2-11H,12-13H2,1H3,(H,25,26)/b24-11-. The van der Waals surface area contributed by atoms with Crippen molar-refractivity contribution in [1.82, 2.24) is 5.43 Å². The molecule has 0 aliphatic carbocycles. The van der Waals surface area contributed by atoms with Crippen LogP contribution in [0.4, 0.5) is 0 Å². The van der Waals surface area contributed by atoms with Gasteiger partial charge in [-0.2, -0.15) is 5.10 Å². The number of hydrogen-bond donors (Lipinski definition) is 1. The Kier molecular flexibility index (Phi) is 7.20. The lowest BCUT2D eigenvalue weighted by atomic mass is 10.1. The second kappa shape index (κ2) is 9.82. The topological polar surface area (TPSA) is 54.6 Å². The summed E-state index contributed by atoms with van der Waals surface area (Å²) in [5.41, 5.74) is 5.70. The van der Waals surface area contributed by atoms with Crippen molar-refractivity contribution in [3.05, 3.63) is 81.5 Å². The van der Waals surface area contributed by atoms with Crippen molar-refractivity contribution in [3.8, 4) is 11.3 Å². The van der Waals surface area contributed by atoms with Gasteiger partial charge in [0.1, 0.15) is 11.5 Å². The minimum atomic E-state index is -0.164. The van der Waals surface area contributed by atoms with Gasteiger partial charge in [0.25, 0.3) is 0 Å². The third-order valence-corrected chi connectivity index (χ3v) is 5.49. The van der Waals surface area contributed by atoms with Crippen LogP contribution in [-0.2, 0) is 10.5 Å². The molecule has 3 aromatic rings. The lowest BCUT2D eigenvalue weighted by Gasteiger charge is -2.04. The summed E-state index contributed by atoms with van der Waals surface area (Å²) in [5.74, 6) is 2.06. The second-order valence-electron chi connectivity index (χ2n) is 6.04. The van der Waals surface area contributed by atoms with Gasteiger partial charge >= 0.3 is 0 Å². The third-order valence-electron chi connectivity index (χ3n) is 3.96. The number of carbonyl (C=O) groups excluding carboxylic acids is 1. The number of halogens is 2. The molecule has 144 valence electrons. The molecule has 0 aliphatic heterocycles. The maximum atomic E-state index is 11.9. The fourth-order valence-corrected chi connectivity index (χ4v) is 3.88. The molecule has 2 aromatic carbocycles. The highest BCUT2D eigenvalue weighted by Gasteiger charge is 2.08. The lowest BCUT2D eigenvalue weighted by Crippen LogP contribution is -2.19. The molecule has 7 heteroatoms. The third kappa shape index (κ3) is 5.64. The maximum absolute atomic E-state index is 11.9. The average molecular weight is 433 g/mol. The molecule has 0 radical (unpaired) electrons. The van der Waals surface area contributed by atoms with Crippen molar-refractivity contribution < 1.29 is 9.21 Å². The van der Waals surface area contributed by atoms with Gasteiger partial charge in [-0.1, -0.05) is 47.5 Å². The Labute approximate surface area is 177 Å². The highest BCUT2D eigenvalue weighted by molar-refractivity contribution is 7.99. The smallest absolute Gasteiger partial charge is 0.250 e. The first-order chi connectivity index (χ1) is 13.5. The van der Waals surface area contributed by atoms with E-state index in [9.17, 15) is 4.79 Å². The van der Waals surface area contributed by atoms with Crippen LogP contribution < -0.4 is 5.43 Å². The van der Waals surface area contributed by atoms with Crippen molar-refractivity contribution >= 4 is 47.1 Å². The van der Waals surface area contributed by atoms with Gasteiger partial charge in [0.2, 0.25) is 5.91 Å². The van der Waals surface area contributed by atoms with Crippen LogP contribution in [0.3, 0.4) is 0 Å². The number of thioether (sulfide) groups is 1. The van der Waals surface area contributed by atoms with Crippen LogP contribution in [0, 0.1) is 6.92 Å². The Morgan fingerprint density at radius 3 is 2.79 bits per heavy atom. The van der Waals surface area contributed by atoms with Crippen molar-refractivity contribution in [2.45, 2.75) is 12.7 Å². The number of nitrogens with one attached hydrogen (secondary N) is 1. The summed E-state index contributed by atoms with van der Waals surface area (Å²) >= 11 is 13.6. The van der Waals surface area contributed by atoms with Gasteiger partial charge in [-0.05, 0) is 48.4 Å². The van der Waals surface area contributed by atoms with Crippen LogP contribution in [0.5, 0.6) is 0 Å². The van der Waals surface area contributed by atoms with E-state index in [0.717, 1.165) is 11.3 Å². The number of nitrogens with zero attached hydrogens (tertiary/aromatic N) is 1. The Morgan fingerprint density at radius 2 is 2.00 bits per heavy atom. The van der Waals surface area contributed by atoms with Gasteiger partial charge < -0.3 is 4.42 Å². The van der Waals surface area contributed by atoms with Crippen molar-refractivity contribution in [2.75, 3.05) is 5.75 Å². The number of amides is 1. The molecule has 0 fully saturated rings. The molecular formula is C21H18Cl2N2O2S. The van der Waals surface area contributed by atoms with Crippen molar-refractivity contribution in [2.24, 2.45) is 5.10 Å². The summed E-state index contributed by atoms with van der Waals surface area (Å²) in [6.07, 6.45) is 1.46. The summed E-state index contributed by atoms with van der Waals surface area (Å²) < 4.78 is 5.69. The number of hydrazone groups is 1. The predicted molar refractivity (Wildman–Crippen MR) is 117 cm³/mol. The number of rotatable bonds is 7. The Hall–Kier alpha value is -2.21. The zero-order chi connectivity index (χ0) is 19.9. The first-order valence-corrected chi connectivity index (χ1v) is 10.4. The number of hydrogen-bond acceptors (Lipinski definition) is 4. The van der Waals surface area contributed by atoms with E-state index < -0.39 is 0 Å². The molecule has 3 rings (SSSR count). The number of carbonyl (C=O) groups is 1. The average Bonchev–Trinajstić information content (AvgIpc) is 3.12. The van der Waals surface area contributed by atoms with Gasteiger partial charge in [-0.3, -0.25) is 4.79 Å². The molecule has 1 heterocycles. The molecule has 1 amide bonds. The molecule has 1 N–H and O–H groups in total. The summed E-state index contributed by atoms with van der Waals surface area (Å²) in [5, 5.41) is 5.01. The Bertz CT molecular complexity index is 1000. The van der Waals surface area contributed by atoms with Gasteiger partial charge in [0.05, 0.1) is 17.0 Å². The molecule has 0 aliphatic rings. The Balaban J connectivity index is 1.49. The zero-order valence-electron chi connectivity index (χ0n) is 15.1. The normalized spacial score (nSPS) is 11.1. The van der Waals surface area contributed by atoms with Crippen LogP contribution in [0.15, 0.2) is 64.1 Å². The Morgan fingerprint density at radius 1 is 1.18 bits per heavy atom. The van der Waals surface area contributed by atoms with E-state index in [1.54, 1.807) is 42.1 Å². The van der Waals surface area contributed by atoms with E-state index in [1.807, 2.05) is 12.1 Å². The lowest BCUT2D eigenvalue weighted by molar-refractivity contribution is -0.118. The number of benzene rings is 2. The first kappa shape index (κ1) is 20.5. The predicted octanol–water partition coefficient (Wildman–Crippen LogP) is 5.95. The second-order valence-corrected chi connectivity index (χ2v) is 7.87. The minimum absolute atomic E-state index is 0.164. The molecule has 0 spiro atoms. The van der Waals surface area contributed by atoms with Gasteiger partial charge in [0, 0.05) is 16.3 Å². The van der Waals surface area contributed by atoms with E-state index in [1.165, 1.54) is 17.3 Å². The van der Waals surface area contributed by atoms with E-state index in [0.29, 0.717) is 27.3 Å². The van der Waals surface area contributed by atoms with E-state index in [4.69, 9.17) is 27.6 Å². The van der Waals surface area contributed by atoms with Crippen LogP contribution in [0.2, 0.25) is 10.0 Å². The first-order valence-electron chi connectivity index (χ1n) is 8.52. The molecule has 0 unspecified atom stereocenters. The molecule has 0 bridgehead atoms. The summed E-state index contributed by atoms with van der Waals surface area (Å²) in [6.45, 7) is 2.06. The quantitative estimate of drug-likeness (QED) is 0.370. The molecular weight excluding hydrogens is 415 g/mol. The monoisotopic (exact) mass is 432 g/mol. The van der Waals surface area contributed by atoms with Crippen molar-refractivity contribution in [1.29, 1.82) is 0 Å². The SMILES string of the molecule is Cc1ccccc1CSCC(=O)N/N=C\c1ccc(-c2ccc(Cl)cc2Cl)o1. The molecule has 28 heavy (non-hydrogen) atoms. The fourth-order valence-electron chi connectivity index (χ4n) is 2.48. The maximum Gasteiger partial charge on any atom is 0.250 e. The minimum Gasteiger partial charge on any atom is -0.455 e. The number of aryl methyl sites for hydroxylation is 1. The van der Waals surface area contributed by atoms with Crippen LogP contribution in [-0.4, -0.2) is 17.9 Å². The largest absolute Gasteiger partial charge is 0.455 e. The van der Waals surface area contributed by atoms with Gasteiger partial charge in [-0.15, -0.1) is 11.8 Å². The number of furan rings is 1. The molecule has 1 aromatic heterocycles.